The van der Waals surface area contributed by atoms with Crippen LogP contribution in [-0.4, -0.2) is 24.1 Å². The first-order valence-electron chi connectivity index (χ1n) is 8.42. The molecule has 0 bridgehead atoms. The van der Waals surface area contributed by atoms with Crippen molar-refractivity contribution in [1.82, 2.24) is 5.32 Å². The maximum atomic E-state index is 11.8. The van der Waals surface area contributed by atoms with E-state index in [-0.39, 0.29) is 26.1 Å². The predicted molar refractivity (Wildman–Crippen MR) is 94.0 cm³/mol. The Balaban J connectivity index is 1.73. The van der Waals surface area contributed by atoms with Crippen LogP contribution in [0.15, 0.2) is 60.7 Å². The van der Waals surface area contributed by atoms with Crippen LogP contribution in [0.2, 0.25) is 0 Å². The average Bonchev–Trinajstić information content (AvgIpc) is 2.69. The number of nitrogens with one attached hydrogen (secondary N) is 1. The van der Waals surface area contributed by atoms with Gasteiger partial charge in [-0.25, -0.2) is 4.79 Å². The summed E-state index contributed by atoms with van der Waals surface area (Å²) in [5.74, 6) is -2.06. The van der Waals surface area contributed by atoms with Gasteiger partial charge in [-0.2, -0.15) is 0 Å². The number of carboxylic acids is 1. The van der Waals surface area contributed by atoms with Crippen LogP contribution in [0.25, 0.3) is 0 Å². The van der Waals surface area contributed by atoms with E-state index >= 15 is 0 Å². The fraction of sp³-hybridized carbons (Fsp3) is 0.250. The minimum absolute atomic E-state index is 0.00551. The Hall–Kier alpha value is -3.35. The third kappa shape index (κ3) is 7.60. The first-order chi connectivity index (χ1) is 13.0. The van der Waals surface area contributed by atoms with Crippen molar-refractivity contribution in [3.63, 3.8) is 0 Å². The highest BCUT2D eigenvalue weighted by atomic mass is 16.5. The van der Waals surface area contributed by atoms with E-state index in [2.05, 4.69) is 5.32 Å². The van der Waals surface area contributed by atoms with Gasteiger partial charge in [0.2, 0.25) is 0 Å². The van der Waals surface area contributed by atoms with Crippen molar-refractivity contribution in [3.8, 4) is 0 Å². The lowest BCUT2D eigenvalue weighted by molar-refractivity contribution is -0.308. The fourth-order valence-corrected chi connectivity index (χ4v) is 2.23. The normalized spacial score (nSPS) is 11.3. The van der Waals surface area contributed by atoms with E-state index < -0.39 is 24.1 Å². The van der Waals surface area contributed by atoms with E-state index in [1.807, 2.05) is 36.4 Å². The molecule has 0 aliphatic carbocycles. The smallest absolute Gasteiger partial charge is 0.407 e. The summed E-state index contributed by atoms with van der Waals surface area (Å²) in [5.41, 5.74) is 1.59. The van der Waals surface area contributed by atoms with Crippen LogP contribution in [-0.2, 0) is 32.3 Å². The highest BCUT2D eigenvalue weighted by Gasteiger charge is 2.17. The molecule has 142 valence electrons. The van der Waals surface area contributed by atoms with Crippen LogP contribution in [0, 0.1) is 0 Å². The number of carbonyl (C=O) groups excluding carboxylic acids is 3. The molecule has 0 aromatic heterocycles. The topological polar surface area (TPSA) is 105 Å². The summed E-state index contributed by atoms with van der Waals surface area (Å²) >= 11 is 0. The lowest BCUT2D eigenvalue weighted by atomic mass is 10.1. The third-order valence-corrected chi connectivity index (χ3v) is 3.67. The number of hydrogen-bond donors (Lipinski definition) is 1. The van der Waals surface area contributed by atoms with Crippen molar-refractivity contribution in [2.45, 2.75) is 32.1 Å². The lowest BCUT2D eigenvalue weighted by Crippen LogP contribution is -2.48. The monoisotopic (exact) mass is 370 g/mol. The number of aliphatic carboxylic acids is 1. The highest BCUT2D eigenvalue weighted by molar-refractivity contribution is 5.79. The Morgan fingerprint density at radius 2 is 1.37 bits per heavy atom. The first-order valence-corrected chi connectivity index (χ1v) is 8.42. The zero-order valence-corrected chi connectivity index (χ0v) is 14.6. The van der Waals surface area contributed by atoms with Gasteiger partial charge in [0.1, 0.15) is 13.2 Å². The molecule has 2 rings (SSSR count). The number of carbonyl (C=O) groups is 3. The van der Waals surface area contributed by atoms with Crippen molar-refractivity contribution in [2.75, 3.05) is 0 Å². The third-order valence-electron chi connectivity index (χ3n) is 3.67. The zero-order valence-electron chi connectivity index (χ0n) is 14.6. The second-order valence-electron chi connectivity index (χ2n) is 5.76. The van der Waals surface area contributed by atoms with Crippen LogP contribution in [0.3, 0.4) is 0 Å². The number of hydrogen-bond acceptors (Lipinski definition) is 6. The van der Waals surface area contributed by atoms with E-state index in [4.69, 9.17) is 9.47 Å². The lowest BCUT2D eigenvalue weighted by Gasteiger charge is -2.19. The van der Waals surface area contributed by atoms with Gasteiger partial charge >= 0.3 is 12.1 Å². The van der Waals surface area contributed by atoms with Crippen LogP contribution in [0.1, 0.15) is 24.0 Å². The Morgan fingerprint density at radius 3 is 1.89 bits per heavy atom. The van der Waals surface area contributed by atoms with Crippen LogP contribution < -0.4 is 10.4 Å². The molecule has 2 aromatic rings. The average molecular weight is 370 g/mol. The number of ether oxygens (including phenoxy) is 2. The molecule has 0 unspecified atom stereocenters. The van der Waals surface area contributed by atoms with Crippen LogP contribution >= 0.6 is 0 Å². The van der Waals surface area contributed by atoms with E-state index in [1.165, 1.54) is 0 Å². The molecule has 0 fully saturated rings. The molecule has 0 saturated carbocycles. The summed E-state index contributed by atoms with van der Waals surface area (Å²) < 4.78 is 10.0. The van der Waals surface area contributed by atoms with Gasteiger partial charge in [-0.3, -0.25) is 4.79 Å². The summed E-state index contributed by atoms with van der Waals surface area (Å²) in [6.45, 7) is 0.105. The molecule has 1 N–H and O–H groups in total. The van der Waals surface area contributed by atoms with E-state index in [0.717, 1.165) is 11.1 Å². The Bertz CT molecular complexity index is 748. The zero-order chi connectivity index (χ0) is 19.5. The molecular weight excluding hydrogens is 350 g/mol. The van der Waals surface area contributed by atoms with Gasteiger partial charge in [-0.1, -0.05) is 60.7 Å². The number of benzene rings is 2. The van der Waals surface area contributed by atoms with Gasteiger partial charge in [-0.15, -0.1) is 0 Å². The summed E-state index contributed by atoms with van der Waals surface area (Å²) in [6, 6.07) is 16.7. The van der Waals surface area contributed by atoms with Gasteiger partial charge in [-0.05, 0) is 17.5 Å². The second kappa shape index (κ2) is 10.6. The van der Waals surface area contributed by atoms with E-state index in [9.17, 15) is 19.5 Å². The van der Waals surface area contributed by atoms with Gasteiger partial charge in [0.05, 0.1) is 12.0 Å². The van der Waals surface area contributed by atoms with E-state index in [1.54, 1.807) is 24.3 Å². The largest absolute Gasteiger partial charge is 0.548 e. The fourth-order valence-electron chi connectivity index (χ4n) is 2.23. The molecule has 7 heteroatoms. The van der Waals surface area contributed by atoms with Crippen molar-refractivity contribution >= 4 is 18.0 Å². The van der Waals surface area contributed by atoms with Gasteiger partial charge in [0.15, 0.2) is 0 Å². The van der Waals surface area contributed by atoms with Crippen LogP contribution in [0.5, 0.6) is 0 Å². The highest BCUT2D eigenvalue weighted by Crippen LogP contribution is 2.05. The minimum atomic E-state index is -1.50. The Morgan fingerprint density at radius 1 is 0.852 bits per heavy atom. The molecular formula is C20H20NO6-. The van der Waals surface area contributed by atoms with Gasteiger partial charge in [0.25, 0.3) is 0 Å². The number of amides is 1. The SMILES string of the molecule is O=C(CC[C@@H](NC(=O)OCc1ccccc1)C(=O)[O-])OCc1ccccc1. The number of rotatable bonds is 9. The first kappa shape index (κ1) is 20.0. The van der Waals surface area contributed by atoms with Gasteiger partial charge in [0, 0.05) is 6.42 Å². The standard InChI is InChI=1S/C20H21NO6/c22-18(26-13-15-7-3-1-4-8-15)12-11-17(19(23)24)21-20(25)27-14-16-9-5-2-6-10-16/h1-10,17H,11-14H2,(H,21,25)(H,23,24)/p-1/t17-/m1/s1. The molecule has 1 atom stereocenters. The molecule has 0 radical (unpaired) electrons. The van der Waals surface area contributed by atoms with Crippen molar-refractivity contribution in [3.05, 3.63) is 71.8 Å². The maximum absolute atomic E-state index is 11.8. The predicted octanol–water partition coefficient (Wildman–Crippen LogP) is 1.55. The molecule has 0 saturated heterocycles. The summed E-state index contributed by atoms with van der Waals surface area (Å²) in [4.78, 5) is 34.7. The number of carboxylic acid groups (broad SMARTS) is 1. The maximum Gasteiger partial charge on any atom is 0.407 e. The molecule has 27 heavy (non-hydrogen) atoms. The quantitative estimate of drug-likeness (QED) is 0.672. The second-order valence-corrected chi connectivity index (χ2v) is 5.76. The molecule has 7 nitrogen and oxygen atoms in total. The summed E-state index contributed by atoms with van der Waals surface area (Å²) in [7, 11) is 0. The number of alkyl carbamates (subject to hydrolysis) is 1. The molecule has 0 aliphatic heterocycles. The number of esters is 1. The molecule has 0 aliphatic rings. The summed E-state index contributed by atoms with van der Waals surface area (Å²) in [5, 5.41) is 13.4. The van der Waals surface area contributed by atoms with Crippen molar-refractivity contribution in [2.24, 2.45) is 0 Å². The van der Waals surface area contributed by atoms with E-state index in [0.29, 0.717) is 0 Å². The molecule has 2 aromatic carbocycles. The summed E-state index contributed by atoms with van der Waals surface area (Å²) in [6.07, 6.45) is -1.23. The van der Waals surface area contributed by atoms with Gasteiger partial charge < -0.3 is 24.7 Å². The van der Waals surface area contributed by atoms with Crippen LogP contribution in [0.4, 0.5) is 4.79 Å². The van der Waals surface area contributed by atoms with Crippen molar-refractivity contribution in [1.29, 1.82) is 0 Å². The Kier molecular flexibility index (Phi) is 7.84. The van der Waals surface area contributed by atoms with Crippen molar-refractivity contribution < 1.29 is 29.0 Å². The molecule has 1 amide bonds. The Labute approximate surface area is 156 Å². The minimum Gasteiger partial charge on any atom is -0.548 e. The molecule has 0 heterocycles. The molecule has 0 spiro atoms.